The first kappa shape index (κ1) is 30.0. The van der Waals surface area contributed by atoms with E-state index in [1.807, 2.05) is 23.5 Å². The van der Waals surface area contributed by atoms with Crippen molar-refractivity contribution in [3.63, 3.8) is 0 Å². The summed E-state index contributed by atoms with van der Waals surface area (Å²) in [4.78, 5) is 2.37. The third-order valence-electron chi connectivity index (χ3n) is 10.7. The molecule has 0 bridgehead atoms. The van der Waals surface area contributed by atoms with E-state index >= 15 is 0 Å². The second kappa shape index (κ2) is 11.9. The third kappa shape index (κ3) is 4.86. The Morgan fingerprint density at radius 2 is 0.962 bits per heavy atom. The van der Waals surface area contributed by atoms with Gasteiger partial charge in [-0.3, -0.25) is 0 Å². The zero-order valence-electron chi connectivity index (χ0n) is 28.7. The summed E-state index contributed by atoms with van der Waals surface area (Å²) >= 11 is 1.87. The van der Waals surface area contributed by atoms with Crippen molar-refractivity contribution in [3.8, 4) is 22.3 Å². The molecule has 11 rings (SSSR count). The fourth-order valence-electron chi connectivity index (χ4n) is 8.12. The molecule has 0 radical (unpaired) electrons. The predicted molar refractivity (Wildman–Crippen MR) is 227 cm³/mol. The van der Waals surface area contributed by atoms with Crippen LogP contribution in [0, 0.1) is 0 Å². The van der Waals surface area contributed by atoms with Gasteiger partial charge in [-0.05, 0) is 86.8 Å². The van der Waals surface area contributed by atoms with Crippen LogP contribution in [-0.4, -0.2) is 0 Å². The molecular weight excluding hydrogens is 663 g/mol. The molecule has 0 fully saturated rings. The summed E-state index contributed by atoms with van der Waals surface area (Å²) in [5, 5.41) is 9.91. The molecule has 3 heteroatoms. The lowest BCUT2D eigenvalue weighted by Gasteiger charge is -2.26. The van der Waals surface area contributed by atoms with Crippen LogP contribution in [0.15, 0.2) is 192 Å². The van der Waals surface area contributed by atoms with Crippen molar-refractivity contribution in [2.75, 3.05) is 4.90 Å². The van der Waals surface area contributed by atoms with Gasteiger partial charge in [-0.1, -0.05) is 140 Å². The number of anilines is 3. The lowest BCUT2D eigenvalue weighted by atomic mass is 10.00. The fourth-order valence-corrected chi connectivity index (χ4v) is 9.35. The minimum Gasteiger partial charge on any atom is -0.455 e. The molecule has 0 spiro atoms. The Balaban J connectivity index is 1.04. The quantitative estimate of drug-likeness (QED) is 0.167. The molecule has 248 valence electrons. The third-order valence-corrected chi connectivity index (χ3v) is 11.9. The summed E-state index contributed by atoms with van der Waals surface area (Å²) in [7, 11) is 0. The van der Waals surface area contributed by atoms with Crippen molar-refractivity contribution in [3.05, 3.63) is 188 Å². The maximum absolute atomic E-state index is 6.41. The molecule has 0 saturated heterocycles. The topological polar surface area (TPSA) is 16.4 Å². The van der Waals surface area contributed by atoms with Gasteiger partial charge in [-0.25, -0.2) is 0 Å². The normalized spacial score (nSPS) is 11.8. The van der Waals surface area contributed by atoms with E-state index in [0.717, 1.165) is 50.1 Å². The van der Waals surface area contributed by atoms with Crippen LogP contribution < -0.4 is 4.90 Å². The van der Waals surface area contributed by atoms with E-state index in [9.17, 15) is 0 Å². The largest absolute Gasteiger partial charge is 0.455 e. The number of fused-ring (bicyclic) bond motifs is 9. The number of benzene rings is 9. The average molecular weight is 694 g/mol. The summed E-state index contributed by atoms with van der Waals surface area (Å²) < 4.78 is 9.06. The molecule has 53 heavy (non-hydrogen) atoms. The van der Waals surface area contributed by atoms with Crippen LogP contribution in [0.2, 0.25) is 0 Å². The van der Waals surface area contributed by atoms with E-state index in [-0.39, 0.29) is 0 Å². The number of thiophene rings is 1. The zero-order valence-corrected chi connectivity index (χ0v) is 29.5. The van der Waals surface area contributed by atoms with Gasteiger partial charge in [0, 0.05) is 53.6 Å². The van der Waals surface area contributed by atoms with Gasteiger partial charge in [-0.15, -0.1) is 11.3 Å². The van der Waals surface area contributed by atoms with E-state index in [1.54, 1.807) is 0 Å². The molecule has 0 unspecified atom stereocenters. The molecule has 0 amide bonds. The molecule has 0 aliphatic carbocycles. The second-order valence-electron chi connectivity index (χ2n) is 13.7. The highest BCUT2D eigenvalue weighted by atomic mass is 32.1. The fraction of sp³-hybridized carbons (Fsp3) is 0. The number of para-hydroxylation sites is 2. The monoisotopic (exact) mass is 693 g/mol. The SMILES string of the molecule is c1ccc2c(c1)ccc1cc(N(c3ccc(-c4cccc5c4oc4ccccc45)cc3)c3ccc(-c4cccc5c4sc4ccccc45)cc3)ccc12. The van der Waals surface area contributed by atoms with Crippen LogP contribution in [0.4, 0.5) is 17.1 Å². The molecule has 11 aromatic rings. The first-order valence-corrected chi connectivity index (χ1v) is 18.8. The molecule has 0 atom stereocenters. The second-order valence-corrected chi connectivity index (χ2v) is 14.7. The van der Waals surface area contributed by atoms with Gasteiger partial charge in [0.15, 0.2) is 0 Å². The van der Waals surface area contributed by atoms with Gasteiger partial charge in [0.2, 0.25) is 0 Å². The predicted octanol–water partition coefficient (Wildman–Crippen LogP) is 15.1. The molecule has 0 aliphatic heterocycles. The maximum atomic E-state index is 6.41. The summed E-state index contributed by atoms with van der Waals surface area (Å²) in [5.41, 5.74) is 9.82. The van der Waals surface area contributed by atoms with Gasteiger partial charge in [0.1, 0.15) is 11.2 Å². The van der Waals surface area contributed by atoms with Gasteiger partial charge < -0.3 is 9.32 Å². The average Bonchev–Trinajstić information content (AvgIpc) is 3.80. The Morgan fingerprint density at radius 1 is 0.377 bits per heavy atom. The van der Waals surface area contributed by atoms with E-state index in [2.05, 4.69) is 181 Å². The summed E-state index contributed by atoms with van der Waals surface area (Å²) in [6, 6.07) is 68.0. The van der Waals surface area contributed by atoms with Crippen LogP contribution in [-0.2, 0) is 0 Å². The molecule has 0 saturated carbocycles. The maximum Gasteiger partial charge on any atom is 0.143 e. The van der Waals surface area contributed by atoms with E-state index in [1.165, 1.54) is 52.8 Å². The van der Waals surface area contributed by atoms with Crippen molar-refractivity contribution in [2.45, 2.75) is 0 Å². The number of rotatable bonds is 5. The first-order chi connectivity index (χ1) is 26.3. The summed E-state index contributed by atoms with van der Waals surface area (Å²) in [5.74, 6) is 0. The van der Waals surface area contributed by atoms with Crippen LogP contribution in [0.1, 0.15) is 0 Å². The van der Waals surface area contributed by atoms with Gasteiger partial charge in [0.05, 0.1) is 0 Å². The summed E-state index contributed by atoms with van der Waals surface area (Å²) in [6.07, 6.45) is 0. The molecular formula is C50H31NOS. The standard InChI is InChI=1S/C50H31NOS/c1-2-10-39-32(9-1)19-20-35-31-38(29-30-40(35)39)51(36-25-21-33(22-26-36)41-13-7-15-45-43-11-3-5-17-47(43)52-49(41)45)37-27-23-34(24-28-37)42-14-8-16-46-44-12-4-6-18-48(44)53-50(42)46/h1-31H. The number of hydrogen-bond donors (Lipinski definition) is 0. The first-order valence-electron chi connectivity index (χ1n) is 18.0. The Bertz CT molecular complexity index is 3010. The lowest BCUT2D eigenvalue weighted by Crippen LogP contribution is -2.09. The van der Waals surface area contributed by atoms with E-state index in [0.29, 0.717) is 0 Å². The molecule has 0 aliphatic rings. The van der Waals surface area contributed by atoms with Crippen LogP contribution in [0.5, 0.6) is 0 Å². The van der Waals surface area contributed by atoms with Gasteiger partial charge in [-0.2, -0.15) is 0 Å². The highest BCUT2D eigenvalue weighted by Gasteiger charge is 2.17. The number of hydrogen-bond acceptors (Lipinski definition) is 3. The molecule has 2 heterocycles. The van der Waals surface area contributed by atoms with Crippen LogP contribution >= 0.6 is 11.3 Å². The Labute approximate surface area is 310 Å². The minimum atomic E-state index is 0.911. The molecule has 2 nitrogen and oxygen atoms in total. The van der Waals surface area contributed by atoms with E-state index < -0.39 is 0 Å². The summed E-state index contributed by atoms with van der Waals surface area (Å²) in [6.45, 7) is 0. The Morgan fingerprint density at radius 3 is 1.77 bits per heavy atom. The smallest absolute Gasteiger partial charge is 0.143 e. The lowest BCUT2D eigenvalue weighted by molar-refractivity contribution is 0.670. The van der Waals surface area contributed by atoms with Gasteiger partial charge in [0.25, 0.3) is 0 Å². The number of nitrogens with zero attached hydrogens (tertiary/aromatic N) is 1. The number of furan rings is 1. The minimum absolute atomic E-state index is 0.911. The van der Waals surface area contributed by atoms with Crippen molar-refractivity contribution in [2.24, 2.45) is 0 Å². The van der Waals surface area contributed by atoms with Crippen molar-refractivity contribution in [1.82, 2.24) is 0 Å². The van der Waals surface area contributed by atoms with Crippen LogP contribution in [0.25, 0.3) is 85.9 Å². The molecule has 0 N–H and O–H groups in total. The Kier molecular flexibility index (Phi) is 6.76. The van der Waals surface area contributed by atoms with Crippen molar-refractivity contribution >= 4 is 92.1 Å². The highest BCUT2D eigenvalue weighted by molar-refractivity contribution is 7.26. The molecule has 9 aromatic carbocycles. The van der Waals surface area contributed by atoms with Crippen molar-refractivity contribution in [1.29, 1.82) is 0 Å². The van der Waals surface area contributed by atoms with Gasteiger partial charge >= 0.3 is 0 Å². The van der Waals surface area contributed by atoms with Crippen LogP contribution in [0.3, 0.4) is 0 Å². The van der Waals surface area contributed by atoms with Crippen molar-refractivity contribution < 1.29 is 4.42 Å². The molecule has 2 aromatic heterocycles. The zero-order chi connectivity index (χ0) is 34.9. The Hall–Kier alpha value is -6.68. The highest BCUT2D eigenvalue weighted by Crippen LogP contribution is 2.43. The van der Waals surface area contributed by atoms with E-state index in [4.69, 9.17) is 4.42 Å².